The molecule has 22 heavy (non-hydrogen) atoms. The highest BCUT2D eigenvalue weighted by Gasteiger charge is 2.66. The molecule has 1 spiro atoms. The van der Waals surface area contributed by atoms with E-state index >= 15 is 0 Å². The number of benzene rings is 1. The molecule has 0 amide bonds. The zero-order valence-electron chi connectivity index (χ0n) is 13.4. The minimum absolute atomic E-state index is 0.359. The smallest absolute Gasteiger partial charge is 0.0382 e. The molecule has 1 aromatic carbocycles. The highest BCUT2D eigenvalue weighted by atomic mass is 15.2. The molecule has 2 nitrogen and oxygen atoms in total. The van der Waals surface area contributed by atoms with Crippen LogP contribution in [0.5, 0.6) is 0 Å². The summed E-state index contributed by atoms with van der Waals surface area (Å²) in [5.41, 5.74) is 3.86. The SMILES string of the molecule is C=CCC12CCCN3CCC4(c5ccccc5NC4CC1)C32. The van der Waals surface area contributed by atoms with Gasteiger partial charge in [-0.1, -0.05) is 24.3 Å². The number of allylic oxidation sites excluding steroid dienone is 1. The van der Waals surface area contributed by atoms with E-state index in [4.69, 9.17) is 0 Å². The predicted octanol–water partition coefficient (Wildman–Crippen LogP) is 3.94. The molecule has 0 bridgehead atoms. The molecule has 3 aliphatic heterocycles. The summed E-state index contributed by atoms with van der Waals surface area (Å²) in [4.78, 5) is 2.84. The van der Waals surface area contributed by atoms with Gasteiger partial charge in [-0.25, -0.2) is 0 Å². The third-order valence-corrected chi connectivity index (χ3v) is 7.23. The van der Waals surface area contributed by atoms with Crippen LogP contribution in [-0.4, -0.2) is 30.1 Å². The van der Waals surface area contributed by atoms with E-state index in [2.05, 4.69) is 47.1 Å². The highest BCUT2D eigenvalue weighted by molar-refractivity contribution is 5.64. The summed E-state index contributed by atoms with van der Waals surface area (Å²) in [7, 11) is 0. The first kappa shape index (κ1) is 13.2. The molecule has 4 atom stereocenters. The van der Waals surface area contributed by atoms with Crippen molar-refractivity contribution >= 4 is 5.69 Å². The van der Waals surface area contributed by atoms with Gasteiger partial charge in [0.05, 0.1) is 0 Å². The second kappa shape index (κ2) is 4.38. The highest BCUT2D eigenvalue weighted by Crippen LogP contribution is 2.63. The third kappa shape index (κ3) is 1.40. The van der Waals surface area contributed by atoms with Crippen molar-refractivity contribution in [1.82, 2.24) is 4.90 Å². The third-order valence-electron chi connectivity index (χ3n) is 7.23. The van der Waals surface area contributed by atoms with Gasteiger partial charge in [0.25, 0.3) is 0 Å². The lowest BCUT2D eigenvalue weighted by molar-refractivity contribution is -0.0263. The number of hydrogen-bond donors (Lipinski definition) is 1. The number of para-hydroxylation sites is 1. The quantitative estimate of drug-likeness (QED) is 0.831. The number of nitrogens with one attached hydrogen (secondary N) is 1. The van der Waals surface area contributed by atoms with Gasteiger partial charge in [-0.3, -0.25) is 4.90 Å². The van der Waals surface area contributed by atoms with Gasteiger partial charge in [-0.05, 0) is 68.7 Å². The Balaban J connectivity index is 1.70. The number of piperidine rings is 1. The minimum Gasteiger partial charge on any atom is -0.381 e. The van der Waals surface area contributed by atoms with Crippen molar-refractivity contribution in [1.29, 1.82) is 0 Å². The Hall–Kier alpha value is -1.28. The van der Waals surface area contributed by atoms with Crippen LogP contribution in [0, 0.1) is 5.41 Å². The van der Waals surface area contributed by atoms with E-state index in [0.29, 0.717) is 16.9 Å². The zero-order valence-corrected chi connectivity index (χ0v) is 13.4. The molecule has 1 saturated carbocycles. The molecule has 3 heterocycles. The Bertz CT molecular complexity index is 624. The van der Waals surface area contributed by atoms with Crippen molar-refractivity contribution in [2.24, 2.45) is 5.41 Å². The molecule has 0 aromatic heterocycles. The topological polar surface area (TPSA) is 15.3 Å². The van der Waals surface area contributed by atoms with Crippen molar-refractivity contribution < 1.29 is 0 Å². The molecule has 1 N–H and O–H groups in total. The lowest BCUT2D eigenvalue weighted by Crippen LogP contribution is -2.63. The normalized spacial score (nSPS) is 42.2. The monoisotopic (exact) mass is 294 g/mol. The molecule has 2 heteroatoms. The molecule has 116 valence electrons. The van der Waals surface area contributed by atoms with Crippen LogP contribution < -0.4 is 5.32 Å². The summed E-state index contributed by atoms with van der Waals surface area (Å²) in [5.74, 6) is 0. The number of anilines is 1. The summed E-state index contributed by atoms with van der Waals surface area (Å²) in [6.07, 6.45) is 10.2. The Morgan fingerprint density at radius 2 is 2.14 bits per heavy atom. The number of hydrogen-bond acceptors (Lipinski definition) is 2. The van der Waals surface area contributed by atoms with Crippen molar-refractivity contribution in [2.45, 2.75) is 56.0 Å². The summed E-state index contributed by atoms with van der Waals surface area (Å²) < 4.78 is 0. The molecule has 4 unspecified atom stereocenters. The lowest BCUT2D eigenvalue weighted by Gasteiger charge is -2.58. The molecule has 2 saturated heterocycles. The van der Waals surface area contributed by atoms with E-state index in [0.717, 1.165) is 6.04 Å². The number of rotatable bonds is 2. The zero-order chi connectivity index (χ0) is 14.8. The van der Waals surface area contributed by atoms with E-state index in [1.54, 1.807) is 5.56 Å². The second-order valence-corrected chi connectivity index (χ2v) is 7.97. The number of nitrogens with zero attached hydrogens (tertiary/aromatic N) is 1. The van der Waals surface area contributed by atoms with E-state index in [9.17, 15) is 0 Å². The van der Waals surface area contributed by atoms with E-state index in [1.165, 1.54) is 57.3 Å². The Morgan fingerprint density at radius 1 is 1.23 bits per heavy atom. The molecular weight excluding hydrogens is 268 g/mol. The first-order chi connectivity index (χ1) is 10.8. The van der Waals surface area contributed by atoms with E-state index in [-0.39, 0.29) is 0 Å². The maximum Gasteiger partial charge on any atom is 0.0382 e. The van der Waals surface area contributed by atoms with Gasteiger partial charge in [0, 0.05) is 23.2 Å². The van der Waals surface area contributed by atoms with Crippen LogP contribution >= 0.6 is 0 Å². The molecule has 3 fully saturated rings. The average molecular weight is 294 g/mol. The maximum absolute atomic E-state index is 4.10. The van der Waals surface area contributed by atoms with Gasteiger partial charge in [0.2, 0.25) is 0 Å². The van der Waals surface area contributed by atoms with Crippen LogP contribution in [0.15, 0.2) is 36.9 Å². The largest absolute Gasteiger partial charge is 0.381 e. The van der Waals surface area contributed by atoms with Crippen LogP contribution in [0.25, 0.3) is 0 Å². The van der Waals surface area contributed by atoms with Crippen molar-refractivity contribution in [3.8, 4) is 0 Å². The first-order valence-corrected chi connectivity index (χ1v) is 9.01. The fourth-order valence-corrected chi connectivity index (χ4v) is 6.66. The van der Waals surface area contributed by atoms with Gasteiger partial charge < -0.3 is 5.32 Å². The van der Waals surface area contributed by atoms with Gasteiger partial charge in [-0.15, -0.1) is 6.58 Å². The van der Waals surface area contributed by atoms with Crippen molar-refractivity contribution in [3.05, 3.63) is 42.5 Å². The first-order valence-electron chi connectivity index (χ1n) is 9.01. The molecular formula is C20H26N2. The summed E-state index contributed by atoms with van der Waals surface area (Å²) >= 11 is 0. The van der Waals surface area contributed by atoms with Gasteiger partial charge in [-0.2, -0.15) is 0 Å². The average Bonchev–Trinajstić information content (AvgIpc) is 3.09. The Kier molecular flexibility index (Phi) is 2.63. The maximum atomic E-state index is 4.10. The Morgan fingerprint density at radius 3 is 3.05 bits per heavy atom. The van der Waals surface area contributed by atoms with Gasteiger partial charge >= 0.3 is 0 Å². The van der Waals surface area contributed by atoms with Crippen LogP contribution in [0.2, 0.25) is 0 Å². The second-order valence-electron chi connectivity index (χ2n) is 7.97. The van der Waals surface area contributed by atoms with Crippen LogP contribution in [0.1, 0.15) is 44.1 Å². The predicted molar refractivity (Wildman–Crippen MR) is 91.2 cm³/mol. The molecule has 1 aromatic rings. The van der Waals surface area contributed by atoms with Crippen LogP contribution in [0.4, 0.5) is 5.69 Å². The van der Waals surface area contributed by atoms with E-state index in [1.807, 2.05) is 0 Å². The fraction of sp³-hybridized carbons (Fsp3) is 0.600. The van der Waals surface area contributed by atoms with Crippen LogP contribution in [-0.2, 0) is 5.41 Å². The minimum atomic E-state index is 0.359. The molecule has 1 aliphatic carbocycles. The van der Waals surface area contributed by atoms with E-state index < -0.39 is 0 Å². The standard InChI is InChI=1S/C20H26N2/c1-2-9-19-10-5-13-22-14-12-20(18(19)22)15-6-3-4-7-16(15)21-17(20)8-11-19/h2-4,6-7,17-18,21H,1,5,8-14H2. The molecule has 4 aliphatic rings. The lowest BCUT2D eigenvalue weighted by atomic mass is 9.52. The van der Waals surface area contributed by atoms with Crippen molar-refractivity contribution in [2.75, 3.05) is 18.4 Å². The molecule has 0 radical (unpaired) electrons. The number of fused-ring (bicyclic) bond motifs is 1. The van der Waals surface area contributed by atoms with Crippen molar-refractivity contribution in [3.63, 3.8) is 0 Å². The van der Waals surface area contributed by atoms with Crippen LogP contribution in [0.3, 0.4) is 0 Å². The summed E-state index contributed by atoms with van der Waals surface area (Å²) in [5, 5.41) is 3.89. The summed E-state index contributed by atoms with van der Waals surface area (Å²) in [6.45, 7) is 6.70. The molecule has 5 rings (SSSR count). The summed E-state index contributed by atoms with van der Waals surface area (Å²) in [6, 6.07) is 10.5. The fourth-order valence-electron chi connectivity index (χ4n) is 6.66. The Labute approximate surface area is 133 Å². The van der Waals surface area contributed by atoms with Gasteiger partial charge in [0.1, 0.15) is 0 Å². The van der Waals surface area contributed by atoms with Gasteiger partial charge in [0.15, 0.2) is 0 Å².